The van der Waals surface area contributed by atoms with Crippen molar-refractivity contribution in [2.75, 3.05) is 5.32 Å². The molecule has 0 fully saturated rings. The van der Waals surface area contributed by atoms with Crippen LogP contribution in [0.4, 0.5) is 5.69 Å². The van der Waals surface area contributed by atoms with Gasteiger partial charge in [-0.25, -0.2) is 0 Å². The Morgan fingerprint density at radius 1 is 1.11 bits per heavy atom. The highest BCUT2D eigenvalue weighted by Gasteiger charge is 2.06. The van der Waals surface area contributed by atoms with Gasteiger partial charge in [0.2, 0.25) is 5.91 Å². The fourth-order valence-corrected chi connectivity index (χ4v) is 2.62. The highest BCUT2D eigenvalue weighted by Crippen LogP contribution is 2.24. The van der Waals surface area contributed by atoms with Crippen LogP contribution in [0.15, 0.2) is 71.2 Å². The lowest BCUT2D eigenvalue weighted by molar-refractivity contribution is -0.115. The smallest absolute Gasteiger partial charge is 0.250 e. The van der Waals surface area contributed by atoms with Crippen LogP contribution < -0.4 is 10.6 Å². The lowest BCUT2D eigenvalue weighted by atomic mass is 10.2. The van der Waals surface area contributed by atoms with E-state index in [1.54, 1.807) is 24.3 Å². The van der Waals surface area contributed by atoms with Crippen molar-refractivity contribution in [3.63, 3.8) is 0 Å². The molecule has 1 heterocycles. The zero-order valence-electron chi connectivity index (χ0n) is 14.6. The van der Waals surface area contributed by atoms with Gasteiger partial charge in [0.05, 0.1) is 5.69 Å². The van der Waals surface area contributed by atoms with E-state index in [9.17, 15) is 9.90 Å². The molecule has 0 aliphatic heterocycles. The number of rotatable bonds is 4. The quantitative estimate of drug-likeness (QED) is 0.354. The molecule has 5 nitrogen and oxygen atoms in total. The van der Waals surface area contributed by atoms with Crippen LogP contribution in [-0.2, 0) is 4.79 Å². The number of benzene rings is 2. The molecule has 0 unspecified atom stereocenters. The Labute approximate surface area is 162 Å². The zero-order valence-corrected chi connectivity index (χ0v) is 15.4. The van der Waals surface area contributed by atoms with Gasteiger partial charge < -0.3 is 14.8 Å². The summed E-state index contributed by atoms with van der Waals surface area (Å²) in [6, 6.07) is 18.4. The van der Waals surface area contributed by atoms with E-state index >= 15 is 0 Å². The first-order valence-electron chi connectivity index (χ1n) is 8.26. The summed E-state index contributed by atoms with van der Waals surface area (Å²) in [6.45, 7) is 1.87. The molecule has 0 aliphatic rings. The molecule has 0 radical (unpaired) electrons. The van der Waals surface area contributed by atoms with Crippen molar-refractivity contribution in [2.45, 2.75) is 6.92 Å². The van der Waals surface area contributed by atoms with Gasteiger partial charge in [-0.2, -0.15) is 0 Å². The molecule has 1 amide bonds. The Kier molecular flexibility index (Phi) is 5.68. The Morgan fingerprint density at radius 3 is 2.63 bits per heavy atom. The Balaban J connectivity index is 1.57. The maximum atomic E-state index is 12.0. The second kappa shape index (κ2) is 8.33. The SMILES string of the molecule is Cc1ccc(NC(=S)NC(=O)/C=C/c2ccc(-c3ccccc3)o2)c(O)c1. The number of thiocarbonyl (C=S) groups is 1. The lowest BCUT2D eigenvalue weighted by Crippen LogP contribution is -2.32. The van der Waals surface area contributed by atoms with Crippen LogP contribution in [0.25, 0.3) is 17.4 Å². The molecule has 0 aliphatic carbocycles. The summed E-state index contributed by atoms with van der Waals surface area (Å²) in [6.07, 6.45) is 2.89. The molecule has 0 bridgehead atoms. The summed E-state index contributed by atoms with van der Waals surface area (Å²) >= 11 is 5.09. The highest BCUT2D eigenvalue weighted by molar-refractivity contribution is 7.80. The van der Waals surface area contributed by atoms with E-state index in [0.29, 0.717) is 11.4 Å². The van der Waals surface area contributed by atoms with Crippen LogP contribution in [-0.4, -0.2) is 16.1 Å². The number of hydrogen-bond donors (Lipinski definition) is 3. The van der Waals surface area contributed by atoms with Crippen LogP contribution in [0.2, 0.25) is 0 Å². The minimum atomic E-state index is -0.406. The summed E-state index contributed by atoms with van der Waals surface area (Å²) in [5.41, 5.74) is 2.31. The van der Waals surface area contributed by atoms with E-state index in [4.69, 9.17) is 16.6 Å². The minimum Gasteiger partial charge on any atom is -0.506 e. The number of phenolic OH excluding ortho intramolecular Hbond substituents is 1. The van der Waals surface area contributed by atoms with Crippen molar-refractivity contribution in [3.05, 3.63) is 78.1 Å². The molecule has 2 aromatic carbocycles. The number of aryl methyl sites for hydroxylation is 1. The first-order chi connectivity index (χ1) is 13.0. The summed E-state index contributed by atoms with van der Waals surface area (Å²) in [5.74, 6) is 0.935. The number of carbonyl (C=O) groups excluding carboxylic acids is 1. The van der Waals surface area contributed by atoms with Crippen LogP contribution >= 0.6 is 12.2 Å². The standard InChI is InChI=1S/C21H18N2O3S/c1-14-7-10-17(18(24)13-14)22-21(27)23-20(25)12-9-16-8-11-19(26-16)15-5-3-2-4-6-15/h2-13,24H,1H3,(H2,22,23,25,27)/b12-9+. The predicted octanol–water partition coefficient (Wildman–Crippen LogP) is 4.49. The Morgan fingerprint density at radius 2 is 1.89 bits per heavy atom. The second-order valence-electron chi connectivity index (χ2n) is 5.87. The normalized spacial score (nSPS) is 10.7. The molecule has 0 spiro atoms. The van der Waals surface area contributed by atoms with Gasteiger partial charge in [0.25, 0.3) is 0 Å². The van der Waals surface area contributed by atoms with Gasteiger partial charge in [-0.1, -0.05) is 36.4 Å². The van der Waals surface area contributed by atoms with E-state index in [0.717, 1.165) is 16.9 Å². The predicted molar refractivity (Wildman–Crippen MR) is 110 cm³/mol. The van der Waals surface area contributed by atoms with Crippen molar-refractivity contribution in [2.24, 2.45) is 0 Å². The molecule has 136 valence electrons. The average Bonchev–Trinajstić information content (AvgIpc) is 3.12. The van der Waals surface area contributed by atoms with Crippen LogP contribution in [0.3, 0.4) is 0 Å². The van der Waals surface area contributed by atoms with Gasteiger partial charge in [-0.3, -0.25) is 10.1 Å². The summed E-state index contributed by atoms with van der Waals surface area (Å²) in [5, 5.41) is 15.3. The molecule has 27 heavy (non-hydrogen) atoms. The molecule has 0 saturated carbocycles. The molecule has 3 aromatic rings. The third-order valence-corrected chi connectivity index (χ3v) is 3.93. The Bertz CT molecular complexity index is 994. The average molecular weight is 378 g/mol. The maximum Gasteiger partial charge on any atom is 0.250 e. The van der Waals surface area contributed by atoms with E-state index in [1.165, 1.54) is 6.08 Å². The topological polar surface area (TPSA) is 74.5 Å². The van der Waals surface area contributed by atoms with Gasteiger partial charge in [-0.15, -0.1) is 0 Å². The fraction of sp³-hybridized carbons (Fsp3) is 0.0476. The molecule has 0 atom stereocenters. The number of phenols is 1. The van der Waals surface area contributed by atoms with Crippen LogP contribution in [0, 0.1) is 6.92 Å². The number of furan rings is 1. The first kappa shape index (κ1) is 18.4. The monoisotopic (exact) mass is 378 g/mol. The van der Waals surface area contributed by atoms with Crippen LogP contribution in [0.5, 0.6) is 5.75 Å². The second-order valence-corrected chi connectivity index (χ2v) is 6.27. The molecular weight excluding hydrogens is 360 g/mol. The van der Waals surface area contributed by atoms with E-state index in [-0.39, 0.29) is 10.9 Å². The molecular formula is C21H18N2O3S. The number of hydrogen-bond acceptors (Lipinski definition) is 4. The molecule has 3 N–H and O–H groups in total. The fourth-order valence-electron chi connectivity index (χ4n) is 2.41. The zero-order chi connectivity index (χ0) is 19.2. The van der Waals surface area contributed by atoms with Gasteiger partial charge >= 0.3 is 0 Å². The van der Waals surface area contributed by atoms with Gasteiger partial charge in [0.1, 0.15) is 17.3 Å². The number of anilines is 1. The van der Waals surface area contributed by atoms with Crippen molar-refractivity contribution in [3.8, 4) is 17.1 Å². The number of amides is 1. The molecule has 1 aromatic heterocycles. The van der Waals surface area contributed by atoms with Gasteiger partial charge in [-0.05, 0) is 55.0 Å². The van der Waals surface area contributed by atoms with Crippen molar-refractivity contribution < 1.29 is 14.3 Å². The summed E-state index contributed by atoms with van der Waals surface area (Å²) in [7, 11) is 0. The lowest BCUT2D eigenvalue weighted by Gasteiger charge is -2.10. The van der Waals surface area contributed by atoms with Crippen molar-refractivity contribution >= 4 is 35.0 Å². The minimum absolute atomic E-state index is 0.0613. The first-order valence-corrected chi connectivity index (χ1v) is 8.67. The van der Waals surface area contributed by atoms with Gasteiger partial charge in [0.15, 0.2) is 5.11 Å². The Hall–Kier alpha value is -3.38. The number of carbonyl (C=O) groups is 1. The van der Waals surface area contributed by atoms with Crippen LogP contribution in [0.1, 0.15) is 11.3 Å². The van der Waals surface area contributed by atoms with Crippen molar-refractivity contribution in [1.29, 1.82) is 0 Å². The number of nitrogens with one attached hydrogen (secondary N) is 2. The molecule has 0 saturated heterocycles. The van der Waals surface area contributed by atoms with Crippen molar-refractivity contribution in [1.82, 2.24) is 5.32 Å². The third-order valence-electron chi connectivity index (χ3n) is 3.72. The maximum absolute atomic E-state index is 12.0. The van der Waals surface area contributed by atoms with E-state index in [1.807, 2.05) is 49.4 Å². The third kappa shape index (κ3) is 5.05. The largest absolute Gasteiger partial charge is 0.506 e. The van der Waals surface area contributed by atoms with E-state index < -0.39 is 5.91 Å². The molecule has 6 heteroatoms. The molecule has 3 rings (SSSR count). The highest BCUT2D eigenvalue weighted by atomic mass is 32.1. The number of aromatic hydroxyl groups is 1. The summed E-state index contributed by atoms with van der Waals surface area (Å²) in [4.78, 5) is 12.0. The van der Waals surface area contributed by atoms with E-state index in [2.05, 4.69) is 10.6 Å². The van der Waals surface area contributed by atoms with Gasteiger partial charge in [0, 0.05) is 11.6 Å². The summed E-state index contributed by atoms with van der Waals surface area (Å²) < 4.78 is 5.70.